The van der Waals surface area contributed by atoms with E-state index in [9.17, 15) is 4.79 Å². The molecule has 0 unspecified atom stereocenters. The molecule has 0 aromatic heterocycles. The molecule has 174 valence electrons. The molecule has 0 atom stereocenters. The number of carbonyl (C=O) groups is 1. The average molecular weight is 552 g/mol. The molecule has 7 nitrogen and oxygen atoms in total. The van der Waals surface area contributed by atoms with Crippen LogP contribution in [0.25, 0.3) is 0 Å². The molecule has 0 spiro atoms. The Labute approximate surface area is 207 Å². The van der Waals surface area contributed by atoms with Crippen molar-refractivity contribution in [3.8, 4) is 11.5 Å². The molecule has 32 heavy (non-hydrogen) atoms. The number of hydrogen-bond donors (Lipinski definition) is 3. The summed E-state index contributed by atoms with van der Waals surface area (Å²) in [6.07, 6.45) is 4.87. The standard InChI is InChI=1S/C24H32N4O3.HI/c1-25-23(29)18-13-11-17(12-14-18)15-27-24(26-2)28-16-19-7-6-10-21(30-3)22(19)31-20-8-4-5-9-20;/h6-7,10-14,20H,4-5,8-9,15-16H2,1-3H3,(H,25,29)(H2,26,27,28);1H. The molecule has 3 rings (SSSR count). The molecule has 8 heteroatoms. The van der Waals surface area contributed by atoms with Crippen molar-refractivity contribution in [2.75, 3.05) is 21.2 Å². The normalized spacial score (nSPS) is 13.8. The van der Waals surface area contributed by atoms with Crippen LogP contribution in [0.5, 0.6) is 11.5 Å². The predicted octanol–water partition coefficient (Wildman–Crippen LogP) is 3.86. The number of rotatable bonds is 8. The van der Waals surface area contributed by atoms with Gasteiger partial charge in [-0.05, 0) is 49.4 Å². The zero-order chi connectivity index (χ0) is 22.1. The van der Waals surface area contributed by atoms with Gasteiger partial charge in [0.15, 0.2) is 17.5 Å². The van der Waals surface area contributed by atoms with Crippen LogP contribution < -0.4 is 25.4 Å². The number of halogens is 1. The minimum absolute atomic E-state index is 0. The number of nitrogens with zero attached hydrogens (tertiary/aromatic N) is 1. The zero-order valence-corrected chi connectivity index (χ0v) is 21.3. The number of guanidine groups is 1. The van der Waals surface area contributed by atoms with Crippen molar-refractivity contribution in [1.82, 2.24) is 16.0 Å². The molecule has 1 aliphatic rings. The van der Waals surface area contributed by atoms with E-state index in [-0.39, 0.29) is 36.0 Å². The highest BCUT2D eigenvalue weighted by Gasteiger charge is 2.20. The number of methoxy groups -OCH3 is 1. The van der Waals surface area contributed by atoms with Crippen molar-refractivity contribution >= 4 is 35.8 Å². The molecule has 0 saturated heterocycles. The van der Waals surface area contributed by atoms with Crippen LogP contribution in [-0.4, -0.2) is 39.2 Å². The lowest BCUT2D eigenvalue weighted by atomic mass is 10.1. The van der Waals surface area contributed by atoms with Crippen molar-refractivity contribution in [1.29, 1.82) is 0 Å². The van der Waals surface area contributed by atoms with E-state index >= 15 is 0 Å². The van der Waals surface area contributed by atoms with Crippen molar-refractivity contribution < 1.29 is 14.3 Å². The average Bonchev–Trinajstić information content (AvgIpc) is 3.33. The first-order valence-electron chi connectivity index (χ1n) is 10.7. The topological polar surface area (TPSA) is 84.0 Å². The van der Waals surface area contributed by atoms with Gasteiger partial charge in [0, 0.05) is 38.3 Å². The number of aliphatic imine (C=N–C) groups is 1. The van der Waals surface area contributed by atoms with E-state index in [2.05, 4.69) is 20.9 Å². The Morgan fingerprint density at radius 1 is 1.06 bits per heavy atom. The molecule has 2 aromatic carbocycles. The number of para-hydroxylation sites is 1. The summed E-state index contributed by atoms with van der Waals surface area (Å²) >= 11 is 0. The Bertz CT molecular complexity index is 897. The second-order valence-corrected chi connectivity index (χ2v) is 7.53. The predicted molar refractivity (Wildman–Crippen MR) is 138 cm³/mol. The van der Waals surface area contributed by atoms with E-state index in [4.69, 9.17) is 9.47 Å². The number of benzene rings is 2. The fourth-order valence-electron chi connectivity index (χ4n) is 3.67. The number of nitrogens with one attached hydrogen (secondary N) is 3. The molecule has 1 saturated carbocycles. The van der Waals surface area contributed by atoms with E-state index in [0.717, 1.165) is 35.5 Å². The summed E-state index contributed by atoms with van der Waals surface area (Å²) in [4.78, 5) is 16.0. The van der Waals surface area contributed by atoms with Crippen LogP contribution in [0.2, 0.25) is 0 Å². The molecule has 2 aromatic rings. The maximum Gasteiger partial charge on any atom is 0.251 e. The van der Waals surface area contributed by atoms with Gasteiger partial charge in [-0.15, -0.1) is 24.0 Å². The summed E-state index contributed by atoms with van der Waals surface area (Å²) in [7, 11) is 5.04. The fraction of sp³-hybridized carbons (Fsp3) is 0.417. The van der Waals surface area contributed by atoms with Gasteiger partial charge in [0.05, 0.1) is 13.2 Å². The number of hydrogen-bond acceptors (Lipinski definition) is 4. The molecule has 0 radical (unpaired) electrons. The second-order valence-electron chi connectivity index (χ2n) is 7.53. The van der Waals surface area contributed by atoms with Gasteiger partial charge in [-0.2, -0.15) is 0 Å². The fourth-order valence-corrected chi connectivity index (χ4v) is 3.67. The molecule has 0 heterocycles. The third-order valence-corrected chi connectivity index (χ3v) is 5.44. The van der Waals surface area contributed by atoms with Gasteiger partial charge in [0.1, 0.15) is 0 Å². The van der Waals surface area contributed by atoms with Gasteiger partial charge in [-0.3, -0.25) is 9.79 Å². The third kappa shape index (κ3) is 7.01. The van der Waals surface area contributed by atoms with Gasteiger partial charge < -0.3 is 25.4 Å². The van der Waals surface area contributed by atoms with Crippen LogP contribution in [0, 0.1) is 0 Å². The van der Waals surface area contributed by atoms with E-state index < -0.39 is 0 Å². The third-order valence-electron chi connectivity index (χ3n) is 5.44. The summed E-state index contributed by atoms with van der Waals surface area (Å²) in [5.41, 5.74) is 2.73. The summed E-state index contributed by atoms with van der Waals surface area (Å²) < 4.78 is 11.8. The van der Waals surface area contributed by atoms with E-state index in [1.54, 1.807) is 21.2 Å². The van der Waals surface area contributed by atoms with Crippen LogP contribution in [0.3, 0.4) is 0 Å². The lowest BCUT2D eigenvalue weighted by Crippen LogP contribution is -2.36. The Morgan fingerprint density at radius 2 is 1.75 bits per heavy atom. The monoisotopic (exact) mass is 552 g/mol. The van der Waals surface area contributed by atoms with Crippen LogP contribution in [0.4, 0.5) is 0 Å². The van der Waals surface area contributed by atoms with Crippen LogP contribution in [0.15, 0.2) is 47.5 Å². The van der Waals surface area contributed by atoms with Crippen molar-refractivity contribution in [2.45, 2.75) is 44.9 Å². The Hall–Kier alpha value is -2.49. The van der Waals surface area contributed by atoms with Crippen molar-refractivity contribution in [3.63, 3.8) is 0 Å². The zero-order valence-electron chi connectivity index (χ0n) is 18.9. The van der Waals surface area contributed by atoms with Gasteiger partial charge in [0.2, 0.25) is 0 Å². The molecule has 1 aliphatic carbocycles. The molecule has 1 fully saturated rings. The maximum absolute atomic E-state index is 11.7. The molecule has 1 amide bonds. The second kappa shape index (κ2) is 13.1. The lowest BCUT2D eigenvalue weighted by molar-refractivity contribution is 0.0963. The Balaban J connectivity index is 0.00000363. The van der Waals surface area contributed by atoms with Crippen molar-refractivity contribution in [3.05, 3.63) is 59.2 Å². The van der Waals surface area contributed by atoms with Gasteiger partial charge in [-0.25, -0.2) is 0 Å². The summed E-state index contributed by atoms with van der Waals surface area (Å²) in [6.45, 7) is 1.16. The van der Waals surface area contributed by atoms with Crippen molar-refractivity contribution in [2.24, 2.45) is 4.99 Å². The van der Waals surface area contributed by atoms with E-state index in [1.165, 1.54) is 12.8 Å². The van der Waals surface area contributed by atoms with E-state index in [1.807, 2.05) is 42.5 Å². The largest absolute Gasteiger partial charge is 0.493 e. The van der Waals surface area contributed by atoms with Crippen LogP contribution in [-0.2, 0) is 13.1 Å². The van der Waals surface area contributed by atoms with Gasteiger partial charge in [-0.1, -0.05) is 24.3 Å². The Kier molecular flexibility index (Phi) is 10.6. The summed E-state index contributed by atoms with van der Waals surface area (Å²) in [5, 5.41) is 9.28. The first kappa shape index (κ1) is 25.8. The molecular formula is C24H33IN4O3. The highest BCUT2D eigenvalue weighted by molar-refractivity contribution is 14.0. The first-order valence-corrected chi connectivity index (χ1v) is 10.7. The maximum atomic E-state index is 11.7. The lowest BCUT2D eigenvalue weighted by Gasteiger charge is -2.20. The minimum Gasteiger partial charge on any atom is -0.493 e. The van der Waals surface area contributed by atoms with Gasteiger partial charge >= 0.3 is 0 Å². The summed E-state index contributed by atoms with van der Waals surface area (Å²) in [5.74, 6) is 2.16. The number of carbonyl (C=O) groups excluding carboxylic acids is 1. The van der Waals surface area contributed by atoms with E-state index in [0.29, 0.717) is 24.6 Å². The highest BCUT2D eigenvalue weighted by atomic mass is 127. The quantitative estimate of drug-likeness (QED) is 0.263. The highest BCUT2D eigenvalue weighted by Crippen LogP contribution is 2.34. The number of ether oxygens (including phenoxy) is 2. The van der Waals surface area contributed by atoms with Crippen LogP contribution >= 0.6 is 24.0 Å². The SMILES string of the molecule is CN=C(NCc1ccc(C(=O)NC)cc1)NCc1cccc(OC)c1OC1CCCC1.I. The van der Waals surface area contributed by atoms with Crippen LogP contribution in [0.1, 0.15) is 47.2 Å². The molecule has 0 aliphatic heterocycles. The number of amides is 1. The molecule has 0 bridgehead atoms. The molecule has 3 N–H and O–H groups in total. The smallest absolute Gasteiger partial charge is 0.251 e. The van der Waals surface area contributed by atoms with Gasteiger partial charge in [0.25, 0.3) is 5.91 Å². The Morgan fingerprint density at radius 3 is 2.38 bits per heavy atom. The first-order chi connectivity index (χ1) is 15.1. The molecular weight excluding hydrogens is 519 g/mol. The summed E-state index contributed by atoms with van der Waals surface area (Å²) in [6, 6.07) is 13.4. The minimum atomic E-state index is -0.0918.